The van der Waals surface area contributed by atoms with E-state index in [0.29, 0.717) is 11.1 Å². The van der Waals surface area contributed by atoms with Gasteiger partial charge in [-0.1, -0.05) is 6.07 Å². The van der Waals surface area contributed by atoms with Gasteiger partial charge in [-0.15, -0.1) is 0 Å². The van der Waals surface area contributed by atoms with Gasteiger partial charge in [0.2, 0.25) is 0 Å². The van der Waals surface area contributed by atoms with Crippen molar-refractivity contribution in [2.75, 3.05) is 19.0 Å². The van der Waals surface area contributed by atoms with Crippen LogP contribution in [0.3, 0.4) is 0 Å². The second kappa shape index (κ2) is 7.96. The van der Waals surface area contributed by atoms with Gasteiger partial charge in [-0.25, -0.2) is 4.68 Å². The lowest BCUT2D eigenvalue weighted by atomic mass is 10.2. The Balaban J connectivity index is 1.64. The quantitative estimate of drug-likeness (QED) is 0.685. The van der Waals surface area contributed by atoms with Crippen molar-refractivity contribution in [2.45, 2.75) is 13.8 Å². The molecule has 0 aliphatic carbocycles. The van der Waals surface area contributed by atoms with Gasteiger partial charge in [0.05, 0.1) is 11.4 Å². The van der Waals surface area contributed by atoms with Gasteiger partial charge in [0, 0.05) is 36.6 Å². The molecule has 0 spiro atoms. The summed E-state index contributed by atoms with van der Waals surface area (Å²) in [7, 11) is 3.79. The predicted octanol–water partition coefficient (Wildman–Crippen LogP) is 2.63. The number of nitrogens with one attached hydrogen (secondary N) is 2. The number of aryl methyl sites for hydroxylation is 2. The first-order valence-corrected chi connectivity index (χ1v) is 8.87. The maximum Gasteiger partial charge on any atom is 0.269 e. The summed E-state index contributed by atoms with van der Waals surface area (Å²) in [4.78, 5) is 26.5. The highest BCUT2D eigenvalue weighted by Crippen LogP contribution is 2.14. The van der Waals surface area contributed by atoms with Gasteiger partial charge in [-0.05, 0) is 62.4 Å². The molecule has 0 aliphatic rings. The van der Waals surface area contributed by atoms with Crippen LogP contribution in [0.25, 0.3) is 5.69 Å². The molecule has 2 N–H and O–H groups in total. The number of hydrazine groups is 1. The van der Waals surface area contributed by atoms with Gasteiger partial charge in [0.1, 0.15) is 0 Å². The molecule has 3 rings (SSSR count). The second-order valence-corrected chi connectivity index (χ2v) is 6.74. The van der Waals surface area contributed by atoms with Crippen molar-refractivity contribution in [1.82, 2.24) is 20.6 Å². The number of anilines is 1. The summed E-state index contributed by atoms with van der Waals surface area (Å²) in [6, 6.07) is 16.2. The third-order valence-corrected chi connectivity index (χ3v) is 4.30. The zero-order valence-electron chi connectivity index (χ0n) is 16.4. The molecule has 3 aromatic rings. The molecule has 1 aromatic heterocycles. The molecule has 0 bridgehead atoms. The van der Waals surface area contributed by atoms with Gasteiger partial charge in [0.25, 0.3) is 11.8 Å². The van der Waals surface area contributed by atoms with Crippen molar-refractivity contribution in [2.24, 2.45) is 0 Å². The van der Waals surface area contributed by atoms with Crippen LogP contribution < -0.4 is 15.8 Å². The van der Waals surface area contributed by atoms with E-state index >= 15 is 0 Å². The van der Waals surface area contributed by atoms with Crippen molar-refractivity contribution >= 4 is 17.5 Å². The van der Waals surface area contributed by atoms with E-state index in [2.05, 4.69) is 16.0 Å². The van der Waals surface area contributed by atoms with E-state index in [1.807, 2.05) is 61.8 Å². The Morgan fingerprint density at radius 1 is 0.893 bits per heavy atom. The number of benzene rings is 2. The molecule has 7 nitrogen and oxygen atoms in total. The number of nitrogens with zero attached hydrogens (tertiary/aromatic N) is 3. The zero-order chi connectivity index (χ0) is 20.3. The molecule has 7 heteroatoms. The van der Waals surface area contributed by atoms with E-state index in [1.165, 1.54) is 0 Å². The van der Waals surface area contributed by atoms with Crippen molar-refractivity contribution in [1.29, 1.82) is 0 Å². The highest BCUT2D eigenvalue weighted by molar-refractivity contribution is 5.99. The minimum atomic E-state index is -0.392. The fourth-order valence-corrected chi connectivity index (χ4v) is 2.83. The first-order valence-electron chi connectivity index (χ1n) is 8.87. The first kappa shape index (κ1) is 19.2. The molecule has 0 saturated heterocycles. The summed E-state index contributed by atoms with van der Waals surface area (Å²) in [5, 5.41) is 4.42. The number of aromatic nitrogens is 2. The van der Waals surface area contributed by atoms with Crippen LogP contribution in [0.1, 0.15) is 32.1 Å². The number of carbonyl (C=O) groups excluding carboxylic acids is 2. The largest absolute Gasteiger partial charge is 0.378 e. The molecule has 0 fully saturated rings. The highest BCUT2D eigenvalue weighted by Gasteiger charge is 2.11. The monoisotopic (exact) mass is 377 g/mol. The maximum atomic E-state index is 12.3. The Kier molecular flexibility index (Phi) is 5.44. The van der Waals surface area contributed by atoms with Crippen LogP contribution in [0.5, 0.6) is 0 Å². The lowest BCUT2D eigenvalue weighted by molar-refractivity contribution is 0.0846. The summed E-state index contributed by atoms with van der Waals surface area (Å²) in [5.41, 5.74) is 9.51. The average molecular weight is 377 g/mol. The predicted molar refractivity (Wildman–Crippen MR) is 109 cm³/mol. The molecule has 0 saturated carbocycles. The maximum absolute atomic E-state index is 12.3. The fraction of sp³-hybridized carbons (Fsp3) is 0.190. The number of amides is 2. The Labute approximate surface area is 163 Å². The van der Waals surface area contributed by atoms with Crippen LogP contribution in [0, 0.1) is 13.8 Å². The molecular weight excluding hydrogens is 354 g/mol. The van der Waals surface area contributed by atoms with E-state index in [9.17, 15) is 9.59 Å². The lowest BCUT2D eigenvalue weighted by Crippen LogP contribution is -2.41. The van der Waals surface area contributed by atoms with E-state index in [0.717, 1.165) is 22.8 Å². The van der Waals surface area contributed by atoms with Gasteiger partial charge < -0.3 is 4.90 Å². The number of carbonyl (C=O) groups is 2. The van der Waals surface area contributed by atoms with Gasteiger partial charge >= 0.3 is 0 Å². The molecule has 28 heavy (non-hydrogen) atoms. The van der Waals surface area contributed by atoms with Crippen LogP contribution >= 0.6 is 0 Å². The number of hydrogen-bond acceptors (Lipinski definition) is 4. The minimum Gasteiger partial charge on any atom is -0.378 e. The Morgan fingerprint density at radius 3 is 2.11 bits per heavy atom. The van der Waals surface area contributed by atoms with Crippen molar-refractivity contribution in [3.8, 4) is 5.69 Å². The first-order chi connectivity index (χ1) is 13.3. The van der Waals surface area contributed by atoms with Gasteiger partial charge in [-0.3, -0.25) is 20.4 Å². The van der Waals surface area contributed by atoms with Crippen molar-refractivity contribution in [3.63, 3.8) is 0 Å². The smallest absolute Gasteiger partial charge is 0.269 e. The minimum absolute atomic E-state index is 0.378. The Hall–Kier alpha value is -3.61. The summed E-state index contributed by atoms with van der Waals surface area (Å²) in [6.07, 6.45) is 0. The SMILES string of the molecule is Cc1cc(C)n(-c2ccc(C(=O)NNC(=O)c3cccc(N(C)C)c3)cc2)n1. The number of hydrogen-bond donors (Lipinski definition) is 2. The molecule has 144 valence electrons. The molecular formula is C21H23N5O2. The summed E-state index contributed by atoms with van der Waals surface area (Å²) in [6.45, 7) is 3.91. The van der Waals surface area contributed by atoms with Crippen molar-refractivity contribution < 1.29 is 9.59 Å². The Bertz CT molecular complexity index is 1010. The third kappa shape index (κ3) is 4.20. The molecule has 2 aromatic carbocycles. The van der Waals surface area contributed by atoms with Crippen LogP contribution in [0.15, 0.2) is 54.6 Å². The van der Waals surface area contributed by atoms with E-state index in [-0.39, 0.29) is 5.91 Å². The highest BCUT2D eigenvalue weighted by atomic mass is 16.2. The third-order valence-electron chi connectivity index (χ3n) is 4.30. The molecule has 0 atom stereocenters. The molecule has 0 radical (unpaired) electrons. The summed E-state index contributed by atoms with van der Waals surface area (Å²) >= 11 is 0. The lowest BCUT2D eigenvalue weighted by Gasteiger charge is -2.13. The summed E-state index contributed by atoms with van der Waals surface area (Å²) < 4.78 is 1.82. The van der Waals surface area contributed by atoms with Crippen molar-refractivity contribution in [3.05, 3.63) is 77.1 Å². The normalized spacial score (nSPS) is 10.4. The second-order valence-electron chi connectivity index (χ2n) is 6.74. The standard InChI is InChI=1S/C21H23N5O2/c1-14-12-15(2)26(24-14)18-10-8-16(9-11-18)20(27)22-23-21(28)17-6-5-7-19(13-17)25(3)4/h5-13H,1-4H3,(H,22,27)(H,23,28). The Morgan fingerprint density at radius 2 is 1.54 bits per heavy atom. The van der Waals surface area contributed by atoms with Gasteiger partial charge in [0.15, 0.2) is 0 Å². The van der Waals surface area contributed by atoms with E-state index in [1.54, 1.807) is 30.3 Å². The van der Waals surface area contributed by atoms with Crippen LogP contribution in [-0.4, -0.2) is 35.7 Å². The fourth-order valence-electron chi connectivity index (χ4n) is 2.83. The molecule has 1 heterocycles. The van der Waals surface area contributed by atoms with Crippen LogP contribution in [0.2, 0.25) is 0 Å². The topological polar surface area (TPSA) is 79.3 Å². The van der Waals surface area contributed by atoms with Crippen LogP contribution in [-0.2, 0) is 0 Å². The number of rotatable bonds is 4. The van der Waals surface area contributed by atoms with E-state index < -0.39 is 5.91 Å². The molecule has 0 aliphatic heterocycles. The zero-order valence-corrected chi connectivity index (χ0v) is 16.4. The molecule has 0 unspecified atom stereocenters. The average Bonchev–Trinajstić information content (AvgIpc) is 3.04. The molecule has 2 amide bonds. The summed E-state index contributed by atoms with van der Waals surface area (Å²) in [5.74, 6) is -0.770. The van der Waals surface area contributed by atoms with Gasteiger partial charge in [-0.2, -0.15) is 5.10 Å². The van der Waals surface area contributed by atoms with Crippen LogP contribution in [0.4, 0.5) is 5.69 Å². The van der Waals surface area contributed by atoms with E-state index in [4.69, 9.17) is 0 Å².